The van der Waals surface area contributed by atoms with E-state index in [1.165, 1.54) is 0 Å². The summed E-state index contributed by atoms with van der Waals surface area (Å²) in [5, 5.41) is 2.09. The zero-order valence-corrected chi connectivity index (χ0v) is 11.4. The van der Waals surface area contributed by atoms with Gasteiger partial charge in [-0.3, -0.25) is 4.79 Å². The summed E-state index contributed by atoms with van der Waals surface area (Å²) in [7, 11) is 0. The predicted molar refractivity (Wildman–Crippen MR) is 69.6 cm³/mol. The highest BCUT2D eigenvalue weighted by molar-refractivity contribution is 6.62. The quantitative estimate of drug-likeness (QED) is 0.678. The lowest BCUT2D eigenvalue weighted by molar-refractivity contribution is 0.174. The van der Waals surface area contributed by atoms with E-state index >= 15 is 0 Å². The second-order valence-corrected chi connectivity index (χ2v) is 5.37. The van der Waals surface area contributed by atoms with E-state index < -0.39 is 5.37 Å². The zero-order chi connectivity index (χ0) is 13.3. The molecule has 1 N–H and O–H groups in total. The van der Waals surface area contributed by atoms with Gasteiger partial charge in [-0.05, 0) is 41.8 Å². The van der Waals surface area contributed by atoms with E-state index in [-0.39, 0.29) is 12.2 Å². The topological polar surface area (TPSA) is 47.6 Å². The molecule has 1 aromatic carbocycles. The van der Waals surface area contributed by atoms with Gasteiger partial charge in [-0.15, -0.1) is 0 Å². The van der Waals surface area contributed by atoms with Gasteiger partial charge in [-0.25, -0.2) is 0 Å². The first-order valence-electron chi connectivity index (χ1n) is 5.74. The van der Waals surface area contributed by atoms with Crippen LogP contribution in [0.15, 0.2) is 12.1 Å². The monoisotopic (exact) mass is 269 g/mol. The van der Waals surface area contributed by atoms with Crippen LogP contribution in [0.3, 0.4) is 0 Å². The smallest absolute Gasteiger partial charge is 0.313 e. The van der Waals surface area contributed by atoms with Gasteiger partial charge in [0.25, 0.3) is 0 Å². The highest BCUT2D eigenvalue weighted by atomic mass is 35.5. The Morgan fingerprint density at radius 3 is 2.61 bits per heavy atom. The minimum absolute atomic E-state index is 0.227. The molecule has 0 aliphatic carbocycles. The Hall–Kier alpha value is -1.42. The van der Waals surface area contributed by atoms with Crippen molar-refractivity contribution in [3.8, 4) is 11.5 Å². The van der Waals surface area contributed by atoms with Crippen molar-refractivity contribution < 1.29 is 14.3 Å². The van der Waals surface area contributed by atoms with Crippen molar-refractivity contribution in [1.82, 2.24) is 5.32 Å². The maximum Gasteiger partial charge on any atom is 0.313 e. The maximum atomic E-state index is 10.8. The van der Waals surface area contributed by atoms with Crippen molar-refractivity contribution in [3.63, 3.8) is 0 Å². The van der Waals surface area contributed by atoms with Gasteiger partial charge in [0.15, 0.2) is 11.5 Å². The highest BCUT2D eigenvalue weighted by Gasteiger charge is 2.26. The van der Waals surface area contributed by atoms with Crippen LogP contribution < -0.4 is 14.8 Å². The molecular weight excluding hydrogens is 254 g/mol. The van der Waals surface area contributed by atoms with E-state index in [1.807, 2.05) is 32.9 Å². The molecular formula is C13H16ClNO3. The first kappa shape index (κ1) is 13.0. The number of carbonyl (C=O) groups is 1. The number of fused-ring (bicyclic) bond motifs is 1. The van der Waals surface area contributed by atoms with Crippen LogP contribution in [0.1, 0.15) is 25.0 Å². The Morgan fingerprint density at radius 1 is 1.39 bits per heavy atom. The summed E-state index contributed by atoms with van der Waals surface area (Å²) in [5.74, 6) is 1.52. The molecule has 18 heavy (non-hydrogen) atoms. The molecule has 1 aliphatic rings. The highest BCUT2D eigenvalue weighted by Crippen LogP contribution is 2.38. The predicted octanol–water partition coefficient (Wildman–Crippen LogP) is 2.95. The molecule has 4 nitrogen and oxygen atoms in total. The molecule has 0 saturated carbocycles. The number of aryl methyl sites for hydroxylation is 1. The van der Waals surface area contributed by atoms with E-state index in [2.05, 4.69) is 5.32 Å². The summed E-state index contributed by atoms with van der Waals surface area (Å²) in [5.41, 5.74) is 1.99. The first-order valence-corrected chi connectivity index (χ1v) is 6.12. The van der Waals surface area contributed by atoms with Crippen molar-refractivity contribution >= 4 is 17.0 Å². The van der Waals surface area contributed by atoms with E-state index in [0.717, 1.165) is 22.6 Å². The first-order chi connectivity index (χ1) is 8.40. The van der Waals surface area contributed by atoms with Gasteiger partial charge in [-0.1, -0.05) is 13.8 Å². The van der Waals surface area contributed by atoms with Crippen LogP contribution in [-0.4, -0.2) is 18.7 Å². The Labute approximate surface area is 111 Å². The molecule has 0 saturated heterocycles. The molecule has 98 valence electrons. The molecule has 0 spiro atoms. The molecule has 0 unspecified atom stereocenters. The second-order valence-electron chi connectivity index (χ2n) is 5.03. The molecule has 0 aromatic heterocycles. The molecule has 1 amide bonds. The van der Waals surface area contributed by atoms with E-state index in [4.69, 9.17) is 21.1 Å². The molecule has 2 rings (SSSR count). The van der Waals surface area contributed by atoms with Gasteiger partial charge in [0.2, 0.25) is 6.79 Å². The number of rotatable bonds is 3. The normalized spacial score (nSPS) is 13.6. The number of nitrogens with one attached hydrogen (secondary N) is 1. The van der Waals surface area contributed by atoms with Crippen LogP contribution in [-0.2, 0) is 5.41 Å². The van der Waals surface area contributed by atoms with E-state index in [0.29, 0.717) is 6.54 Å². The molecule has 0 bridgehead atoms. The third-order valence-electron chi connectivity index (χ3n) is 3.12. The molecule has 1 aromatic rings. The Bertz CT molecular complexity index is 485. The fourth-order valence-corrected chi connectivity index (χ4v) is 2.23. The maximum absolute atomic E-state index is 10.8. The third-order valence-corrected chi connectivity index (χ3v) is 3.25. The lowest BCUT2D eigenvalue weighted by Gasteiger charge is -2.27. The average Bonchev–Trinajstić information content (AvgIpc) is 2.72. The number of halogens is 1. The van der Waals surface area contributed by atoms with Gasteiger partial charge in [0.05, 0.1) is 0 Å². The average molecular weight is 270 g/mol. The lowest BCUT2D eigenvalue weighted by atomic mass is 9.81. The minimum Gasteiger partial charge on any atom is -0.454 e. The Balaban J connectivity index is 2.29. The van der Waals surface area contributed by atoms with Gasteiger partial charge >= 0.3 is 5.37 Å². The number of ether oxygens (including phenoxy) is 2. The van der Waals surface area contributed by atoms with Crippen LogP contribution in [0.25, 0.3) is 0 Å². The third kappa shape index (κ3) is 2.53. The van der Waals surface area contributed by atoms with Gasteiger partial charge < -0.3 is 14.8 Å². The summed E-state index contributed by atoms with van der Waals surface area (Å²) in [6, 6.07) is 3.93. The summed E-state index contributed by atoms with van der Waals surface area (Å²) in [4.78, 5) is 10.8. The number of hydrogen-bond donors (Lipinski definition) is 1. The fourth-order valence-electron chi connectivity index (χ4n) is 2.16. The minimum atomic E-state index is -0.540. The molecule has 1 heterocycles. The van der Waals surface area contributed by atoms with Gasteiger partial charge in [-0.2, -0.15) is 0 Å². The van der Waals surface area contributed by atoms with Gasteiger partial charge in [0, 0.05) is 12.0 Å². The standard InChI is InChI=1S/C13H16ClNO3/c1-8-4-10-11(18-7-17-10)5-9(8)13(2,3)6-15-12(14)16/h4-5H,6-7H2,1-3H3,(H,15,16). The lowest BCUT2D eigenvalue weighted by Crippen LogP contribution is -2.34. The van der Waals surface area contributed by atoms with Crippen LogP contribution in [0.2, 0.25) is 0 Å². The largest absolute Gasteiger partial charge is 0.454 e. The van der Waals surface area contributed by atoms with Crippen LogP contribution >= 0.6 is 11.6 Å². The number of carbonyl (C=O) groups excluding carboxylic acids is 1. The van der Waals surface area contributed by atoms with Crippen molar-refractivity contribution in [2.45, 2.75) is 26.2 Å². The van der Waals surface area contributed by atoms with Gasteiger partial charge in [0.1, 0.15) is 0 Å². The van der Waals surface area contributed by atoms with Crippen molar-refractivity contribution in [1.29, 1.82) is 0 Å². The summed E-state index contributed by atoms with van der Waals surface area (Å²) in [6.07, 6.45) is 0. The van der Waals surface area contributed by atoms with Crippen molar-refractivity contribution in [3.05, 3.63) is 23.3 Å². The Kier molecular flexibility index (Phi) is 3.39. The fraction of sp³-hybridized carbons (Fsp3) is 0.462. The number of hydrogen-bond acceptors (Lipinski definition) is 3. The van der Waals surface area contributed by atoms with Crippen molar-refractivity contribution in [2.75, 3.05) is 13.3 Å². The zero-order valence-electron chi connectivity index (χ0n) is 10.7. The van der Waals surface area contributed by atoms with Crippen molar-refractivity contribution in [2.24, 2.45) is 0 Å². The molecule has 0 atom stereocenters. The number of amides is 1. The summed E-state index contributed by atoms with van der Waals surface area (Å²) in [6.45, 7) is 6.84. The van der Waals surface area contributed by atoms with Crippen LogP contribution in [0, 0.1) is 6.92 Å². The molecule has 0 radical (unpaired) electrons. The Morgan fingerprint density at radius 2 is 2.00 bits per heavy atom. The molecule has 1 aliphatic heterocycles. The second kappa shape index (κ2) is 4.69. The SMILES string of the molecule is Cc1cc2c(cc1C(C)(C)CNC(=O)Cl)OCO2. The summed E-state index contributed by atoms with van der Waals surface area (Å²) >= 11 is 5.31. The van der Waals surface area contributed by atoms with Crippen LogP contribution in [0.4, 0.5) is 4.79 Å². The van der Waals surface area contributed by atoms with E-state index in [1.54, 1.807) is 0 Å². The summed E-state index contributed by atoms with van der Waals surface area (Å²) < 4.78 is 10.7. The number of benzene rings is 1. The van der Waals surface area contributed by atoms with Crippen LogP contribution in [0.5, 0.6) is 11.5 Å². The van der Waals surface area contributed by atoms with E-state index in [9.17, 15) is 4.79 Å². The molecule has 0 fully saturated rings. The molecule has 5 heteroatoms.